The molecule has 2 aromatic carbocycles. The first-order valence-electron chi connectivity index (χ1n) is 14.6. The zero-order chi connectivity index (χ0) is 31.3. The number of hydrogen-bond donors (Lipinski definition) is 2. The normalized spacial score (nSPS) is 19.4. The van der Waals surface area contributed by atoms with Gasteiger partial charge in [0.2, 0.25) is 0 Å². The number of nitrogens with zero attached hydrogens (tertiary/aromatic N) is 3. The quantitative estimate of drug-likeness (QED) is 0.373. The van der Waals surface area contributed by atoms with Crippen LogP contribution >= 0.6 is 0 Å². The van der Waals surface area contributed by atoms with E-state index in [1.54, 1.807) is 27.9 Å². The molecule has 1 fully saturated rings. The van der Waals surface area contributed by atoms with E-state index in [4.69, 9.17) is 19.9 Å². The number of benzene rings is 2. The highest BCUT2D eigenvalue weighted by atomic mass is 19.1. The maximum atomic E-state index is 15.6. The van der Waals surface area contributed by atoms with Crippen molar-refractivity contribution in [3.05, 3.63) is 53.3 Å². The molecule has 43 heavy (non-hydrogen) atoms. The molecule has 0 aliphatic carbocycles. The molecular weight excluding hydrogens is 559 g/mol. The van der Waals surface area contributed by atoms with E-state index >= 15 is 4.39 Å². The first kappa shape index (κ1) is 32.0. The summed E-state index contributed by atoms with van der Waals surface area (Å²) in [6, 6.07) is 9.43. The van der Waals surface area contributed by atoms with E-state index in [1.165, 1.54) is 20.8 Å². The second kappa shape index (κ2) is 13.6. The number of hydrogen-bond acceptors (Lipinski definition) is 7. The van der Waals surface area contributed by atoms with Crippen molar-refractivity contribution < 1.29 is 38.1 Å². The van der Waals surface area contributed by atoms with Gasteiger partial charge in [0, 0.05) is 64.8 Å². The van der Waals surface area contributed by atoms with Crippen molar-refractivity contribution in [3.63, 3.8) is 0 Å². The third-order valence-electron chi connectivity index (χ3n) is 7.95. The number of halogens is 1. The molecule has 3 amide bonds. The number of fused-ring (bicyclic) bond motifs is 1. The van der Waals surface area contributed by atoms with Crippen molar-refractivity contribution in [2.45, 2.75) is 51.2 Å². The number of carbonyl (C=O) groups excluding carboxylic acids is 2. The molecule has 2 aliphatic heterocycles. The van der Waals surface area contributed by atoms with Crippen LogP contribution in [-0.4, -0.2) is 97.5 Å². The minimum absolute atomic E-state index is 0.0557. The highest BCUT2D eigenvalue weighted by Gasteiger charge is 2.43. The van der Waals surface area contributed by atoms with Crippen LogP contribution in [0.15, 0.2) is 36.4 Å². The number of piperidine rings is 1. The first-order chi connectivity index (χ1) is 20.5. The Bertz CT molecular complexity index is 1340. The molecule has 1 saturated heterocycles. The summed E-state index contributed by atoms with van der Waals surface area (Å²) >= 11 is 0. The van der Waals surface area contributed by atoms with Crippen LogP contribution < -0.4 is 20.1 Å². The minimum Gasteiger partial charge on any atom is -0.493 e. The van der Waals surface area contributed by atoms with Crippen LogP contribution in [-0.2, 0) is 9.53 Å². The van der Waals surface area contributed by atoms with Gasteiger partial charge < -0.3 is 39.8 Å². The van der Waals surface area contributed by atoms with Gasteiger partial charge in [0.1, 0.15) is 17.3 Å². The Morgan fingerprint density at radius 3 is 2.67 bits per heavy atom. The Balaban J connectivity index is 1.69. The molecule has 0 saturated carbocycles. The van der Waals surface area contributed by atoms with Crippen molar-refractivity contribution in [2.75, 3.05) is 57.9 Å². The topological polar surface area (TPSA) is 135 Å². The number of ether oxygens (including phenoxy) is 3. The number of carboxylic acid groups (broad SMARTS) is 1. The Labute approximate surface area is 251 Å². The van der Waals surface area contributed by atoms with Gasteiger partial charge in [-0.25, -0.2) is 9.18 Å². The molecule has 3 N–H and O–H groups in total. The summed E-state index contributed by atoms with van der Waals surface area (Å²) in [6.45, 7) is 6.87. The first-order valence-corrected chi connectivity index (χ1v) is 14.6. The fraction of sp³-hybridized carbons (Fsp3) is 0.516. The van der Waals surface area contributed by atoms with Crippen molar-refractivity contribution in [2.24, 2.45) is 5.73 Å². The standard InChI is InChI=1S/C31H41FN4O7/c1-5-35(28(37)23-17-25-27(18-24(23)32)43-31(2,3)29(38)36(25)13-11-33)26-19-34(30(39)40)12-10-22(26)20-8-6-9-21(16-20)42-15-7-14-41-4/h6,8-9,16-18,22,26H,5,7,10-15,19,33H2,1-4H3,(H,39,40)/t22-,26+/m1/s1. The van der Waals surface area contributed by atoms with Crippen LogP contribution in [0.3, 0.4) is 0 Å². The lowest BCUT2D eigenvalue weighted by molar-refractivity contribution is -0.132. The second-order valence-electron chi connectivity index (χ2n) is 11.2. The smallest absolute Gasteiger partial charge is 0.407 e. The van der Waals surface area contributed by atoms with E-state index in [9.17, 15) is 19.5 Å². The zero-order valence-corrected chi connectivity index (χ0v) is 25.2. The van der Waals surface area contributed by atoms with Crippen LogP contribution in [0, 0.1) is 5.82 Å². The number of carbonyl (C=O) groups is 3. The molecule has 11 nitrogen and oxygen atoms in total. The Morgan fingerprint density at radius 2 is 2.00 bits per heavy atom. The number of methoxy groups -OCH3 is 1. The van der Waals surface area contributed by atoms with E-state index in [2.05, 4.69) is 0 Å². The van der Waals surface area contributed by atoms with E-state index < -0.39 is 29.5 Å². The summed E-state index contributed by atoms with van der Waals surface area (Å²) in [7, 11) is 1.63. The molecule has 234 valence electrons. The minimum atomic E-state index is -1.23. The third-order valence-corrected chi connectivity index (χ3v) is 7.95. The largest absolute Gasteiger partial charge is 0.493 e. The average Bonchev–Trinajstić information content (AvgIpc) is 2.98. The van der Waals surface area contributed by atoms with Crippen molar-refractivity contribution in [1.29, 1.82) is 0 Å². The summed E-state index contributed by atoms with van der Waals surface area (Å²) in [5.41, 5.74) is 5.47. The molecule has 2 atom stereocenters. The summed E-state index contributed by atoms with van der Waals surface area (Å²) in [5, 5.41) is 9.80. The molecule has 4 rings (SSSR count). The van der Waals surface area contributed by atoms with Gasteiger partial charge in [-0.15, -0.1) is 0 Å². The highest BCUT2D eigenvalue weighted by molar-refractivity contribution is 6.04. The third kappa shape index (κ3) is 6.86. The van der Waals surface area contributed by atoms with E-state index in [-0.39, 0.29) is 61.5 Å². The molecule has 2 aromatic rings. The van der Waals surface area contributed by atoms with Crippen molar-refractivity contribution in [1.82, 2.24) is 9.80 Å². The predicted octanol–water partition coefficient (Wildman–Crippen LogP) is 3.70. The fourth-order valence-electron chi connectivity index (χ4n) is 5.83. The monoisotopic (exact) mass is 600 g/mol. The average molecular weight is 601 g/mol. The number of nitrogens with two attached hydrogens (primary N) is 1. The molecule has 2 heterocycles. The predicted molar refractivity (Wildman–Crippen MR) is 158 cm³/mol. The summed E-state index contributed by atoms with van der Waals surface area (Å²) in [6.07, 6.45) is 0.0991. The zero-order valence-electron chi connectivity index (χ0n) is 25.2. The van der Waals surface area contributed by atoms with Gasteiger partial charge in [-0.2, -0.15) is 0 Å². The second-order valence-corrected chi connectivity index (χ2v) is 11.2. The molecule has 0 aromatic heterocycles. The van der Waals surface area contributed by atoms with Crippen LogP contribution in [0.2, 0.25) is 0 Å². The Hall–Kier alpha value is -3.90. The molecule has 0 spiro atoms. The van der Waals surface area contributed by atoms with E-state index in [0.717, 1.165) is 18.1 Å². The van der Waals surface area contributed by atoms with E-state index in [0.29, 0.717) is 25.4 Å². The number of anilines is 1. The summed E-state index contributed by atoms with van der Waals surface area (Å²) in [5.74, 6) is -1.18. The van der Waals surface area contributed by atoms with Crippen LogP contribution in [0.5, 0.6) is 11.5 Å². The molecular formula is C31H41FN4O7. The maximum Gasteiger partial charge on any atom is 0.407 e. The van der Waals surface area contributed by atoms with Gasteiger partial charge >= 0.3 is 6.09 Å². The molecule has 2 aliphatic rings. The summed E-state index contributed by atoms with van der Waals surface area (Å²) < 4.78 is 32.4. The van der Waals surface area contributed by atoms with Gasteiger partial charge in [-0.1, -0.05) is 12.1 Å². The van der Waals surface area contributed by atoms with Crippen LogP contribution in [0.4, 0.5) is 14.9 Å². The SMILES string of the molecule is CCN(C(=O)c1cc2c(cc1F)OC(C)(C)C(=O)N2CCN)[C@H]1CN(C(=O)O)CC[C@@H]1c1cccc(OCCCOC)c1. The number of rotatable bonds is 11. The van der Waals surface area contributed by atoms with Crippen molar-refractivity contribution in [3.8, 4) is 11.5 Å². The maximum absolute atomic E-state index is 15.6. The molecule has 0 bridgehead atoms. The van der Waals surface area contributed by atoms with Gasteiger partial charge in [0.25, 0.3) is 11.8 Å². The van der Waals surface area contributed by atoms with Gasteiger partial charge in [-0.3, -0.25) is 9.59 Å². The number of likely N-dealkylation sites (N-methyl/N-ethyl adjacent to an activating group) is 1. The molecule has 0 unspecified atom stereocenters. The Morgan fingerprint density at radius 1 is 1.23 bits per heavy atom. The lowest BCUT2D eigenvalue weighted by Crippen LogP contribution is -2.55. The van der Waals surface area contributed by atoms with E-state index in [1.807, 2.05) is 24.3 Å². The summed E-state index contributed by atoms with van der Waals surface area (Å²) in [4.78, 5) is 43.4. The van der Waals surface area contributed by atoms with Gasteiger partial charge in [-0.05, 0) is 51.0 Å². The van der Waals surface area contributed by atoms with Crippen LogP contribution in [0.1, 0.15) is 55.5 Å². The van der Waals surface area contributed by atoms with Crippen LogP contribution in [0.25, 0.3) is 0 Å². The molecule has 12 heteroatoms. The fourth-order valence-corrected chi connectivity index (χ4v) is 5.83. The van der Waals surface area contributed by atoms with Gasteiger partial charge in [0.05, 0.1) is 23.9 Å². The molecule has 0 radical (unpaired) electrons. The number of amides is 3. The lowest BCUT2D eigenvalue weighted by atomic mass is 9.84. The highest BCUT2D eigenvalue weighted by Crippen LogP contribution is 2.40. The van der Waals surface area contributed by atoms with Crippen molar-refractivity contribution >= 4 is 23.6 Å². The van der Waals surface area contributed by atoms with Gasteiger partial charge in [0.15, 0.2) is 5.60 Å². The lowest BCUT2D eigenvalue weighted by Gasteiger charge is -2.43. The number of likely N-dealkylation sites (tertiary alicyclic amines) is 1. The Kier molecular flexibility index (Phi) is 10.1.